The van der Waals surface area contributed by atoms with Crippen molar-refractivity contribution in [1.29, 1.82) is 0 Å². The lowest BCUT2D eigenvalue weighted by Crippen LogP contribution is -2.25. The van der Waals surface area contributed by atoms with Crippen LogP contribution in [0.5, 0.6) is 0 Å². The Morgan fingerprint density at radius 1 is 1.60 bits per heavy atom. The first kappa shape index (κ1) is 7.72. The largest absolute Gasteiger partial charge is 0.370 e. The van der Waals surface area contributed by atoms with Gasteiger partial charge in [0.15, 0.2) is 5.96 Å². The van der Waals surface area contributed by atoms with Gasteiger partial charge < -0.3 is 11.5 Å². The molecule has 4 heteroatoms. The van der Waals surface area contributed by atoms with Crippen molar-refractivity contribution in [2.24, 2.45) is 16.5 Å². The van der Waals surface area contributed by atoms with Crippen molar-refractivity contribution >= 4 is 17.7 Å². The lowest BCUT2D eigenvalue weighted by Gasteiger charge is -2.00. The van der Waals surface area contributed by atoms with E-state index in [-0.39, 0.29) is 5.96 Å². The molecule has 2 atom stereocenters. The van der Waals surface area contributed by atoms with Gasteiger partial charge in [-0.25, -0.2) is 4.99 Å². The lowest BCUT2D eigenvalue weighted by molar-refractivity contribution is 0.706. The van der Waals surface area contributed by atoms with Gasteiger partial charge in [0, 0.05) is 11.0 Å². The van der Waals surface area contributed by atoms with E-state index in [1.54, 1.807) is 0 Å². The Bertz CT molecular complexity index is 142. The normalized spacial score (nSPS) is 32.1. The SMILES string of the molecule is CC1CC(N=C(N)N)CS1. The molecule has 1 aliphatic heterocycles. The van der Waals surface area contributed by atoms with Crippen LogP contribution in [0.3, 0.4) is 0 Å². The second kappa shape index (κ2) is 3.14. The minimum absolute atomic E-state index is 0.222. The molecule has 1 saturated heterocycles. The highest BCUT2D eigenvalue weighted by molar-refractivity contribution is 8.00. The lowest BCUT2D eigenvalue weighted by atomic mass is 10.2. The summed E-state index contributed by atoms with van der Waals surface area (Å²) < 4.78 is 0. The van der Waals surface area contributed by atoms with E-state index in [1.165, 1.54) is 0 Å². The fraction of sp³-hybridized carbons (Fsp3) is 0.833. The predicted octanol–water partition coefficient (Wildman–Crippen LogP) is 0.154. The van der Waals surface area contributed by atoms with Crippen LogP contribution in [0.2, 0.25) is 0 Å². The maximum atomic E-state index is 5.24. The summed E-state index contributed by atoms with van der Waals surface area (Å²) in [5, 5.41) is 0.716. The Labute approximate surface area is 65.3 Å². The number of guanidine groups is 1. The van der Waals surface area contributed by atoms with Gasteiger partial charge in [-0.3, -0.25) is 0 Å². The fourth-order valence-corrected chi connectivity index (χ4v) is 2.21. The summed E-state index contributed by atoms with van der Waals surface area (Å²) in [6.45, 7) is 2.20. The number of hydrogen-bond acceptors (Lipinski definition) is 2. The molecule has 1 aliphatic rings. The van der Waals surface area contributed by atoms with E-state index < -0.39 is 0 Å². The van der Waals surface area contributed by atoms with E-state index in [9.17, 15) is 0 Å². The van der Waals surface area contributed by atoms with Crippen LogP contribution in [0.15, 0.2) is 4.99 Å². The number of rotatable bonds is 1. The standard InChI is InChI=1S/C6H13N3S/c1-4-2-5(3-10-4)9-6(7)8/h4-5H,2-3H2,1H3,(H4,7,8,9). The highest BCUT2D eigenvalue weighted by atomic mass is 32.2. The van der Waals surface area contributed by atoms with Gasteiger partial charge in [0.2, 0.25) is 0 Å². The molecule has 4 N–H and O–H groups in total. The van der Waals surface area contributed by atoms with Gasteiger partial charge in [-0.05, 0) is 6.42 Å². The highest BCUT2D eigenvalue weighted by Crippen LogP contribution is 2.27. The quantitative estimate of drug-likeness (QED) is 0.423. The van der Waals surface area contributed by atoms with Gasteiger partial charge in [0.1, 0.15) is 0 Å². The molecule has 1 heterocycles. The summed E-state index contributed by atoms with van der Waals surface area (Å²) >= 11 is 1.93. The van der Waals surface area contributed by atoms with Crippen molar-refractivity contribution in [2.45, 2.75) is 24.6 Å². The molecule has 10 heavy (non-hydrogen) atoms. The number of hydrogen-bond donors (Lipinski definition) is 2. The highest BCUT2D eigenvalue weighted by Gasteiger charge is 2.20. The average Bonchev–Trinajstić information content (AvgIpc) is 2.13. The van der Waals surface area contributed by atoms with Crippen molar-refractivity contribution in [3.05, 3.63) is 0 Å². The minimum atomic E-state index is 0.222. The monoisotopic (exact) mass is 159 g/mol. The molecule has 1 fully saturated rings. The van der Waals surface area contributed by atoms with Crippen molar-refractivity contribution in [3.63, 3.8) is 0 Å². The van der Waals surface area contributed by atoms with Gasteiger partial charge in [-0.1, -0.05) is 6.92 Å². The molecule has 3 nitrogen and oxygen atoms in total. The summed E-state index contributed by atoms with van der Waals surface area (Å²) in [4.78, 5) is 4.08. The maximum Gasteiger partial charge on any atom is 0.186 e. The topological polar surface area (TPSA) is 64.4 Å². The molecule has 0 aromatic rings. The smallest absolute Gasteiger partial charge is 0.186 e. The number of aliphatic imine (C=N–C) groups is 1. The molecule has 0 saturated carbocycles. The second-order valence-electron chi connectivity index (χ2n) is 2.59. The van der Waals surface area contributed by atoms with E-state index in [2.05, 4.69) is 11.9 Å². The first-order valence-corrected chi connectivity index (χ1v) is 4.43. The molecule has 0 aromatic carbocycles. The summed E-state index contributed by atoms with van der Waals surface area (Å²) in [5.74, 6) is 1.29. The third-order valence-corrected chi connectivity index (χ3v) is 2.85. The van der Waals surface area contributed by atoms with Crippen molar-refractivity contribution in [2.75, 3.05) is 5.75 Å². The number of nitrogens with two attached hydrogens (primary N) is 2. The van der Waals surface area contributed by atoms with Gasteiger partial charge in [-0.2, -0.15) is 11.8 Å². The Balaban J connectivity index is 2.38. The van der Waals surface area contributed by atoms with E-state index in [0.29, 0.717) is 11.3 Å². The van der Waals surface area contributed by atoms with E-state index in [0.717, 1.165) is 12.2 Å². The van der Waals surface area contributed by atoms with Crippen LogP contribution < -0.4 is 11.5 Å². The third kappa shape index (κ3) is 2.10. The summed E-state index contributed by atoms with van der Waals surface area (Å²) in [5.41, 5.74) is 10.5. The van der Waals surface area contributed by atoms with Gasteiger partial charge in [0.25, 0.3) is 0 Å². The predicted molar refractivity (Wildman–Crippen MR) is 46.1 cm³/mol. The summed E-state index contributed by atoms with van der Waals surface area (Å²) in [7, 11) is 0. The van der Waals surface area contributed by atoms with Gasteiger partial charge in [-0.15, -0.1) is 0 Å². The van der Waals surface area contributed by atoms with E-state index in [4.69, 9.17) is 11.5 Å². The third-order valence-electron chi connectivity index (χ3n) is 1.51. The average molecular weight is 159 g/mol. The molecule has 0 spiro atoms. The molecule has 0 aliphatic carbocycles. The van der Waals surface area contributed by atoms with Crippen molar-refractivity contribution < 1.29 is 0 Å². The zero-order valence-electron chi connectivity index (χ0n) is 6.08. The molecule has 2 unspecified atom stereocenters. The van der Waals surface area contributed by atoms with E-state index >= 15 is 0 Å². The molecule has 0 amide bonds. The van der Waals surface area contributed by atoms with Crippen LogP contribution in [0.4, 0.5) is 0 Å². The maximum absolute atomic E-state index is 5.24. The summed E-state index contributed by atoms with van der Waals surface area (Å²) in [6, 6.07) is 0.366. The van der Waals surface area contributed by atoms with Crippen LogP contribution in [-0.4, -0.2) is 23.0 Å². The van der Waals surface area contributed by atoms with Crippen LogP contribution in [0, 0.1) is 0 Å². The molecular formula is C6H13N3S. The fourth-order valence-electron chi connectivity index (χ4n) is 1.10. The Morgan fingerprint density at radius 2 is 2.30 bits per heavy atom. The first-order valence-electron chi connectivity index (χ1n) is 3.39. The number of nitrogens with zero attached hydrogens (tertiary/aromatic N) is 1. The Morgan fingerprint density at radius 3 is 2.70 bits per heavy atom. The van der Waals surface area contributed by atoms with Crippen molar-refractivity contribution in [1.82, 2.24) is 0 Å². The van der Waals surface area contributed by atoms with Crippen LogP contribution in [0.1, 0.15) is 13.3 Å². The first-order chi connectivity index (χ1) is 4.68. The zero-order chi connectivity index (χ0) is 7.56. The molecule has 0 aromatic heterocycles. The second-order valence-corrected chi connectivity index (χ2v) is 4.06. The number of thioether (sulfide) groups is 1. The van der Waals surface area contributed by atoms with E-state index in [1.807, 2.05) is 11.8 Å². The Kier molecular flexibility index (Phi) is 2.43. The molecule has 58 valence electrons. The molecule has 1 rings (SSSR count). The minimum Gasteiger partial charge on any atom is -0.370 e. The Hall–Kier alpha value is -0.380. The zero-order valence-corrected chi connectivity index (χ0v) is 6.90. The summed E-state index contributed by atoms with van der Waals surface area (Å²) in [6.07, 6.45) is 1.11. The van der Waals surface area contributed by atoms with Crippen LogP contribution in [0.25, 0.3) is 0 Å². The molecular weight excluding hydrogens is 146 g/mol. The molecule has 0 bridgehead atoms. The molecule has 0 radical (unpaired) electrons. The van der Waals surface area contributed by atoms with Crippen molar-refractivity contribution in [3.8, 4) is 0 Å². The van der Waals surface area contributed by atoms with Gasteiger partial charge >= 0.3 is 0 Å². The van der Waals surface area contributed by atoms with Crippen LogP contribution >= 0.6 is 11.8 Å². The van der Waals surface area contributed by atoms with Crippen LogP contribution in [-0.2, 0) is 0 Å². The van der Waals surface area contributed by atoms with Gasteiger partial charge in [0.05, 0.1) is 6.04 Å².